The normalized spacial score (nSPS) is 38.5. The third-order valence-corrected chi connectivity index (χ3v) is 7.96. The summed E-state index contributed by atoms with van der Waals surface area (Å²) in [5, 5.41) is 20.4. The number of aliphatic hydroxyl groups is 2. The summed E-state index contributed by atoms with van der Waals surface area (Å²) in [5.41, 5.74) is 4.13. The van der Waals surface area contributed by atoms with E-state index in [0.29, 0.717) is 0 Å². The summed E-state index contributed by atoms with van der Waals surface area (Å²) in [7, 11) is 8.89. The van der Waals surface area contributed by atoms with Gasteiger partial charge in [-0.15, -0.1) is 0 Å². The zero-order valence-corrected chi connectivity index (χ0v) is 17.1. The van der Waals surface area contributed by atoms with Crippen molar-refractivity contribution >= 4 is 7.85 Å². The standard InChI is InChI=1S/C25H29BO3/c1-29-22-13-18(27)11-17-7-8-20-21-12-19(28)15-24(21,9-10-25(20,26)23(17)22)14-16-5-3-2-4-6-16/h2-6,11,13,17,19,23,27-28H,7-10,12,14-15H2,1H3/t17?,19-,23?,24+,25+/m0/s1. The molecule has 2 N–H and O–H groups in total. The van der Waals surface area contributed by atoms with Gasteiger partial charge in [-0.1, -0.05) is 47.9 Å². The molecule has 5 rings (SSSR count). The third-order valence-electron chi connectivity index (χ3n) is 7.96. The number of aliphatic hydroxyl groups excluding tert-OH is 2. The molecule has 4 aliphatic rings. The Kier molecular flexibility index (Phi) is 4.47. The van der Waals surface area contributed by atoms with Crippen LogP contribution < -0.4 is 0 Å². The molecule has 0 aliphatic heterocycles. The van der Waals surface area contributed by atoms with Gasteiger partial charge in [0.15, 0.2) is 0 Å². The molecule has 2 unspecified atom stereocenters. The van der Waals surface area contributed by atoms with Crippen molar-refractivity contribution in [3.63, 3.8) is 0 Å². The summed E-state index contributed by atoms with van der Waals surface area (Å²) in [6.45, 7) is 0. The molecule has 29 heavy (non-hydrogen) atoms. The van der Waals surface area contributed by atoms with Crippen molar-refractivity contribution in [2.24, 2.45) is 17.3 Å². The van der Waals surface area contributed by atoms with E-state index < -0.39 is 5.31 Å². The Labute approximate surface area is 174 Å². The first-order valence-corrected chi connectivity index (χ1v) is 10.9. The van der Waals surface area contributed by atoms with Crippen LogP contribution in [0.2, 0.25) is 5.31 Å². The number of benzene rings is 1. The highest BCUT2D eigenvalue weighted by Gasteiger charge is 2.56. The molecular formula is C25H29BO3. The van der Waals surface area contributed by atoms with Gasteiger partial charge >= 0.3 is 0 Å². The molecule has 0 amide bonds. The lowest BCUT2D eigenvalue weighted by Gasteiger charge is -2.55. The maximum Gasteiger partial charge on any atom is 0.115 e. The van der Waals surface area contributed by atoms with Crippen molar-refractivity contribution in [3.05, 3.63) is 70.7 Å². The highest BCUT2D eigenvalue weighted by molar-refractivity contribution is 6.18. The zero-order valence-electron chi connectivity index (χ0n) is 17.1. The average Bonchev–Trinajstić information content (AvgIpc) is 3.03. The smallest absolute Gasteiger partial charge is 0.115 e. The molecule has 2 radical (unpaired) electrons. The van der Waals surface area contributed by atoms with E-state index >= 15 is 0 Å². The number of ether oxygens (including phenoxy) is 1. The molecule has 0 aromatic heterocycles. The van der Waals surface area contributed by atoms with Gasteiger partial charge in [-0.05, 0) is 66.8 Å². The monoisotopic (exact) mass is 388 g/mol. The number of fused-ring (bicyclic) bond motifs is 4. The average molecular weight is 388 g/mol. The van der Waals surface area contributed by atoms with Gasteiger partial charge in [-0.2, -0.15) is 0 Å². The third kappa shape index (κ3) is 2.91. The van der Waals surface area contributed by atoms with Gasteiger partial charge in [0.2, 0.25) is 0 Å². The van der Waals surface area contributed by atoms with Gasteiger partial charge in [0, 0.05) is 12.0 Å². The van der Waals surface area contributed by atoms with Crippen LogP contribution in [0.1, 0.15) is 44.1 Å². The second-order valence-electron chi connectivity index (χ2n) is 9.52. The van der Waals surface area contributed by atoms with E-state index in [1.54, 1.807) is 13.2 Å². The molecule has 0 spiro atoms. The Morgan fingerprint density at radius 2 is 1.97 bits per heavy atom. The van der Waals surface area contributed by atoms with Crippen LogP contribution in [-0.4, -0.2) is 31.3 Å². The van der Waals surface area contributed by atoms with E-state index in [9.17, 15) is 10.2 Å². The first kappa shape index (κ1) is 19.1. The molecule has 2 saturated carbocycles. The van der Waals surface area contributed by atoms with Gasteiger partial charge in [-0.25, -0.2) is 0 Å². The topological polar surface area (TPSA) is 49.7 Å². The first-order chi connectivity index (χ1) is 13.9. The van der Waals surface area contributed by atoms with Crippen LogP contribution in [0.5, 0.6) is 0 Å². The lowest BCUT2D eigenvalue weighted by Crippen LogP contribution is -2.44. The van der Waals surface area contributed by atoms with Crippen LogP contribution >= 0.6 is 0 Å². The minimum Gasteiger partial charge on any atom is -0.508 e. The maximum absolute atomic E-state index is 10.7. The van der Waals surface area contributed by atoms with E-state index in [0.717, 1.165) is 50.7 Å². The highest BCUT2D eigenvalue weighted by atomic mass is 16.5. The van der Waals surface area contributed by atoms with Gasteiger partial charge in [0.1, 0.15) is 11.5 Å². The summed E-state index contributed by atoms with van der Waals surface area (Å²) < 4.78 is 5.71. The van der Waals surface area contributed by atoms with Gasteiger partial charge in [0.05, 0.1) is 21.1 Å². The lowest BCUT2D eigenvalue weighted by molar-refractivity contribution is 0.125. The van der Waals surface area contributed by atoms with E-state index in [-0.39, 0.29) is 29.1 Å². The minimum atomic E-state index is -0.457. The van der Waals surface area contributed by atoms with E-state index in [1.807, 2.05) is 6.08 Å². The summed E-state index contributed by atoms with van der Waals surface area (Å²) in [6.07, 6.45) is 9.74. The number of methoxy groups -OCH3 is 1. The van der Waals surface area contributed by atoms with Gasteiger partial charge in [0.25, 0.3) is 0 Å². The quantitative estimate of drug-likeness (QED) is 0.578. The van der Waals surface area contributed by atoms with Crippen LogP contribution in [0.25, 0.3) is 0 Å². The van der Waals surface area contributed by atoms with Crippen molar-refractivity contribution in [2.75, 3.05) is 7.11 Å². The fraction of sp³-hybridized carbons (Fsp3) is 0.520. The second kappa shape index (κ2) is 6.80. The maximum atomic E-state index is 10.7. The van der Waals surface area contributed by atoms with Crippen LogP contribution in [0.3, 0.4) is 0 Å². The Hall–Kier alpha value is -1.94. The molecule has 150 valence electrons. The second-order valence-corrected chi connectivity index (χ2v) is 9.52. The minimum absolute atomic E-state index is 0.0232. The lowest BCUT2D eigenvalue weighted by atomic mass is 9.42. The molecule has 0 heterocycles. The molecule has 0 saturated heterocycles. The largest absolute Gasteiger partial charge is 0.508 e. The predicted molar refractivity (Wildman–Crippen MR) is 115 cm³/mol. The molecule has 4 aliphatic carbocycles. The van der Waals surface area contributed by atoms with E-state index in [2.05, 4.69) is 30.3 Å². The summed E-state index contributed by atoms with van der Waals surface area (Å²) in [6, 6.07) is 10.7. The van der Waals surface area contributed by atoms with E-state index in [1.165, 1.54) is 16.7 Å². The number of rotatable bonds is 3. The highest BCUT2D eigenvalue weighted by Crippen LogP contribution is 2.67. The molecule has 1 aromatic carbocycles. The van der Waals surface area contributed by atoms with E-state index in [4.69, 9.17) is 12.6 Å². The Balaban J connectivity index is 1.59. The van der Waals surface area contributed by atoms with Crippen molar-refractivity contribution < 1.29 is 14.9 Å². The van der Waals surface area contributed by atoms with Crippen LogP contribution in [0, 0.1) is 17.3 Å². The van der Waals surface area contributed by atoms with Crippen molar-refractivity contribution in [1.29, 1.82) is 0 Å². The number of hydrogen-bond acceptors (Lipinski definition) is 3. The van der Waals surface area contributed by atoms with Gasteiger partial charge < -0.3 is 14.9 Å². The molecule has 2 fully saturated rings. The predicted octanol–water partition coefficient (Wildman–Crippen LogP) is 4.80. The number of allylic oxidation sites excluding steroid dienone is 4. The fourth-order valence-corrected chi connectivity index (χ4v) is 6.85. The SMILES string of the molecule is [B][C@]12CC[C@@]3(Cc4ccccc4)C[C@@H](O)CC3=C1CCC1C=C(O)C=C(OC)C12. The molecule has 3 nitrogen and oxygen atoms in total. The van der Waals surface area contributed by atoms with Crippen molar-refractivity contribution in [3.8, 4) is 0 Å². The summed E-state index contributed by atoms with van der Waals surface area (Å²) in [5.74, 6) is 1.35. The molecule has 4 heteroatoms. The Morgan fingerprint density at radius 1 is 1.17 bits per heavy atom. The summed E-state index contributed by atoms with van der Waals surface area (Å²) >= 11 is 0. The number of hydrogen-bond donors (Lipinski definition) is 2. The molecule has 0 bridgehead atoms. The van der Waals surface area contributed by atoms with Crippen LogP contribution in [0.15, 0.2) is 65.1 Å². The van der Waals surface area contributed by atoms with Crippen LogP contribution in [-0.2, 0) is 11.2 Å². The zero-order chi connectivity index (χ0) is 20.2. The Bertz CT molecular complexity index is 902. The molecule has 1 aromatic rings. The first-order valence-electron chi connectivity index (χ1n) is 10.9. The van der Waals surface area contributed by atoms with Crippen LogP contribution in [0.4, 0.5) is 0 Å². The van der Waals surface area contributed by atoms with Gasteiger partial charge in [-0.3, -0.25) is 0 Å². The Morgan fingerprint density at radius 3 is 2.72 bits per heavy atom. The summed E-state index contributed by atoms with van der Waals surface area (Å²) in [4.78, 5) is 0. The molecular weight excluding hydrogens is 359 g/mol. The van der Waals surface area contributed by atoms with Crippen molar-refractivity contribution in [2.45, 2.75) is 56.4 Å². The molecule has 5 atom stereocenters. The van der Waals surface area contributed by atoms with Crippen molar-refractivity contribution in [1.82, 2.24) is 0 Å². The fourth-order valence-electron chi connectivity index (χ4n) is 6.85.